The highest BCUT2D eigenvalue weighted by Gasteiger charge is 2.31. The lowest BCUT2D eigenvalue weighted by atomic mass is 10.1. The Morgan fingerprint density at radius 3 is 2.47 bits per heavy atom. The number of amides is 1. The maximum absolute atomic E-state index is 13.3. The number of carbonyl (C=O) groups is 1. The van der Waals surface area contributed by atoms with Gasteiger partial charge in [0.2, 0.25) is 5.95 Å². The Morgan fingerprint density at radius 2 is 1.71 bits per heavy atom. The standard InChI is InChI=1S/C28H25N7O3/c1-18-11-13-20(14-12-18)27(36)33-16-15-32(17-19(33)2)28-29-23-9-5-3-7-21(23)25-30-31-26(34(25)28)22-8-4-6-10-24(22)35(37)38/h3-14,19H,15-17H2,1-2H3. The van der Waals surface area contributed by atoms with Gasteiger partial charge in [0, 0.05) is 42.7 Å². The molecule has 2 aromatic heterocycles. The van der Waals surface area contributed by atoms with Gasteiger partial charge in [0.25, 0.3) is 11.6 Å². The molecular formula is C28H25N7O3. The number of hydrogen-bond acceptors (Lipinski definition) is 7. The first-order chi connectivity index (χ1) is 18.4. The fraction of sp³-hybridized carbons (Fsp3) is 0.214. The predicted octanol–water partition coefficient (Wildman–Crippen LogP) is 4.51. The number of carbonyl (C=O) groups excluding carboxylic acids is 1. The first-order valence-electron chi connectivity index (χ1n) is 12.4. The Morgan fingerprint density at radius 1 is 0.974 bits per heavy atom. The second-order valence-corrected chi connectivity index (χ2v) is 9.55. The van der Waals surface area contributed by atoms with E-state index in [-0.39, 0.29) is 17.6 Å². The van der Waals surface area contributed by atoms with E-state index in [1.54, 1.807) is 22.6 Å². The molecule has 1 atom stereocenters. The lowest BCUT2D eigenvalue weighted by Gasteiger charge is -2.40. The van der Waals surface area contributed by atoms with Gasteiger partial charge in [-0.05, 0) is 44.2 Å². The summed E-state index contributed by atoms with van der Waals surface area (Å²) in [6.07, 6.45) is 0. The van der Waals surface area contributed by atoms with Crippen molar-refractivity contribution < 1.29 is 9.72 Å². The number of para-hydroxylation sites is 2. The first kappa shape index (κ1) is 23.5. The molecular weight excluding hydrogens is 482 g/mol. The van der Waals surface area contributed by atoms with Crippen LogP contribution in [0.5, 0.6) is 0 Å². The molecule has 1 saturated heterocycles. The minimum absolute atomic E-state index is 0.00124. The van der Waals surface area contributed by atoms with Gasteiger partial charge in [0.05, 0.1) is 16.0 Å². The van der Waals surface area contributed by atoms with E-state index in [0.29, 0.717) is 48.2 Å². The largest absolute Gasteiger partial charge is 0.338 e. The zero-order valence-corrected chi connectivity index (χ0v) is 21.0. The SMILES string of the molecule is Cc1ccc(C(=O)N2CCN(c3nc4ccccc4c4nnc(-c5ccccc5[N+](=O)[O-])n34)CC2C)cc1. The van der Waals surface area contributed by atoms with Crippen molar-refractivity contribution in [1.82, 2.24) is 24.5 Å². The van der Waals surface area contributed by atoms with Gasteiger partial charge in [0.1, 0.15) is 0 Å². The maximum atomic E-state index is 13.3. The molecule has 0 radical (unpaired) electrons. The van der Waals surface area contributed by atoms with E-state index in [0.717, 1.165) is 16.5 Å². The van der Waals surface area contributed by atoms with Crippen LogP contribution < -0.4 is 4.90 Å². The third-order valence-electron chi connectivity index (χ3n) is 7.04. The number of aryl methyl sites for hydroxylation is 1. The fourth-order valence-electron chi connectivity index (χ4n) is 5.08. The molecule has 1 fully saturated rings. The summed E-state index contributed by atoms with van der Waals surface area (Å²) in [5.41, 5.74) is 3.41. The van der Waals surface area contributed by atoms with Crippen molar-refractivity contribution in [3.8, 4) is 11.4 Å². The van der Waals surface area contributed by atoms with Gasteiger partial charge in [-0.15, -0.1) is 10.2 Å². The van der Waals surface area contributed by atoms with Crippen LogP contribution in [-0.2, 0) is 0 Å². The number of fused-ring (bicyclic) bond motifs is 3. The summed E-state index contributed by atoms with van der Waals surface area (Å²) in [5.74, 6) is 0.941. The van der Waals surface area contributed by atoms with Crippen molar-refractivity contribution >= 4 is 34.1 Å². The van der Waals surface area contributed by atoms with Gasteiger partial charge >= 0.3 is 0 Å². The molecule has 0 N–H and O–H groups in total. The molecule has 3 heterocycles. The third-order valence-corrected chi connectivity index (χ3v) is 7.04. The third kappa shape index (κ3) is 3.90. The summed E-state index contributed by atoms with van der Waals surface area (Å²) in [6.45, 7) is 5.60. The van der Waals surface area contributed by atoms with Gasteiger partial charge < -0.3 is 9.80 Å². The normalized spacial score (nSPS) is 15.8. The van der Waals surface area contributed by atoms with Gasteiger partial charge in [-0.1, -0.05) is 42.0 Å². The molecule has 6 rings (SSSR count). The molecule has 5 aromatic rings. The highest BCUT2D eigenvalue weighted by Crippen LogP contribution is 2.33. The molecule has 1 aliphatic rings. The van der Waals surface area contributed by atoms with Gasteiger partial charge in [-0.2, -0.15) is 0 Å². The number of aromatic nitrogens is 4. The Balaban J connectivity index is 1.43. The molecule has 190 valence electrons. The summed E-state index contributed by atoms with van der Waals surface area (Å²) < 4.78 is 1.80. The molecule has 10 nitrogen and oxygen atoms in total. The number of rotatable bonds is 4. The quantitative estimate of drug-likeness (QED) is 0.260. The molecule has 38 heavy (non-hydrogen) atoms. The van der Waals surface area contributed by atoms with E-state index >= 15 is 0 Å². The number of piperazine rings is 1. The summed E-state index contributed by atoms with van der Waals surface area (Å²) in [5, 5.41) is 21.5. The Labute approximate surface area is 218 Å². The smallest absolute Gasteiger partial charge is 0.280 e. The van der Waals surface area contributed by atoms with E-state index < -0.39 is 4.92 Å². The fourth-order valence-corrected chi connectivity index (χ4v) is 5.08. The number of hydrogen-bond donors (Lipinski definition) is 0. The molecule has 3 aromatic carbocycles. The van der Waals surface area contributed by atoms with Crippen LogP contribution in [0.4, 0.5) is 11.6 Å². The molecule has 10 heteroatoms. The Bertz CT molecular complexity index is 1700. The van der Waals surface area contributed by atoms with Crippen LogP contribution in [-0.4, -0.2) is 61.0 Å². The number of nitrogens with zero attached hydrogens (tertiary/aromatic N) is 7. The zero-order chi connectivity index (χ0) is 26.4. The van der Waals surface area contributed by atoms with E-state index in [4.69, 9.17) is 4.98 Å². The van der Waals surface area contributed by atoms with Crippen molar-refractivity contribution in [2.75, 3.05) is 24.5 Å². The number of nitro benzene ring substituents is 1. The van der Waals surface area contributed by atoms with Crippen molar-refractivity contribution in [1.29, 1.82) is 0 Å². The molecule has 1 unspecified atom stereocenters. The summed E-state index contributed by atoms with van der Waals surface area (Å²) in [7, 11) is 0. The van der Waals surface area contributed by atoms with E-state index in [9.17, 15) is 14.9 Å². The van der Waals surface area contributed by atoms with E-state index in [1.807, 2.05) is 67.3 Å². The Kier molecular flexibility index (Phi) is 5.71. The number of anilines is 1. The van der Waals surface area contributed by atoms with Crippen LogP contribution in [0.2, 0.25) is 0 Å². The van der Waals surface area contributed by atoms with Gasteiger partial charge in [-0.3, -0.25) is 14.9 Å². The van der Waals surface area contributed by atoms with Gasteiger partial charge in [-0.25, -0.2) is 9.38 Å². The monoisotopic (exact) mass is 507 g/mol. The summed E-state index contributed by atoms with van der Waals surface area (Å²) in [4.78, 5) is 33.6. The average molecular weight is 508 g/mol. The minimum Gasteiger partial charge on any atom is -0.338 e. The molecule has 0 spiro atoms. The van der Waals surface area contributed by atoms with E-state index in [2.05, 4.69) is 15.1 Å². The molecule has 1 amide bonds. The number of nitro groups is 1. The van der Waals surface area contributed by atoms with Crippen LogP contribution >= 0.6 is 0 Å². The number of benzene rings is 3. The van der Waals surface area contributed by atoms with Crippen molar-refractivity contribution in [2.24, 2.45) is 0 Å². The predicted molar refractivity (Wildman–Crippen MR) is 144 cm³/mol. The van der Waals surface area contributed by atoms with Crippen molar-refractivity contribution in [3.05, 3.63) is 94.0 Å². The summed E-state index contributed by atoms with van der Waals surface area (Å²) in [6, 6.07) is 21.7. The molecule has 1 aliphatic heterocycles. The lowest BCUT2D eigenvalue weighted by Crippen LogP contribution is -2.54. The average Bonchev–Trinajstić information content (AvgIpc) is 3.38. The Hall–Kier alpha value is -4.86. The molecule has 0 aliphatic carbocycles. The van der Waals surface area contributed by atoms with Crippen molar-refractivity contribution in [2.45, 2.75) is 19.9 Å². The first-order valence-corrected chi connectivity index (χ1v) is 12.4. The van der Waals surface area contributed by atoms with Crippen LogP contribution in [0.3, 0.4) is 0 Å². The molecule has 0 saturated carbocycles. The second kappa shape index (κ2) is 9.22. The summed E-state index contributed by atoms with van der Waals surface area (Å²) >= 11 is 0. The molecule has 0 bridgehead atoms. The topological polar surface area (TPSA) is 110 Å². The highest BCUT2D eigenvalue weighted by molar-refractivity contribution is 5.95. The van der Waals surface area contributed by atoms with Crippen molar-refractivity contribution in [3.63, 3.8) is 0 Å². The lowest BCUT2D eigenvalue weighted by molar-refractivity contribution is -0.384. The van der Waals surface area contributed by atoms with E-state index in [1.165, 1.54) is 6.07 Å². The van der Waals surface area contributed by atoms with Crippen LogP contribution in [0.15, 0.2) is 72.8 Å². The zero-order valence-electron chi connectivity index (χ0n) is 21.0. The van der Waals surface area contributed by atoms with Crippen LogP contribution in [0.25, 0.3) is 27.9 Å². The van der Waals surface area contributed by atoms with Gasteiger partial charge in [0.15, 0.2) is 11.5 Å². The maximum Gasteiger partial charge on any atom is 0.280 e. The second-order valence-electron chi connectivity index (χ2n) is 9.55. The van der Waals surface area contributed by atoms with Crippen LogP contribution in [0, 0.1) is 17.0 Å². The van der Waals surface area contributed by atoms with Crippen LogP contribution in [0.1, 0.15) is 22.8 Å². The minimum atomic E-state index is -0.415. The highest BCUT2D eigenvalue weighted by atomic mass is 16.6.